The number of hydrogen-bond donors (Lipinski definition) is 1. The number of amides is 1. The molecular formula is C12H15N3O6S. The van der Waals surface area contributed by atoms with E-state index >= 15 is 0 Å². The van der Waals surface area contributed by atoms with Crippen LogP contribution in [0.2, 0.25) is 0 Å². The van der Waals surface area contributed by atoms with Crippen LogP contribution >= 0.6 is 0 Å². The maximum atomic E-state index is 12.0. The molecule has 1 saturated heterocycles. The fraction of sp³-hybridized carbons (Fsp3) is 0.417. The van der Waals surface area contributed by atoms with Gasteiger partial charge in [0.05, 0.1) is 23.9 Å². The molecule has 1 heterocycles. The van der Waals surface area contributed by atoms with Crippen molar-refractivity contribution in [3.8, 4) is 5.75 Å². The zero-order valence-corrected chi connectivity index (χ0v) is 12.6. The molecule has 1 amide bonds. The van der Waals surface area contributed by atoms with Gasteiger partial charge in [-0.05, 0) is 12.1 Å². The normalized spacial score (nSPS) is 18.5. The molecular weight excluding hydrogens is 314 g/mol. The van der Waals surface area contributed by atoms with Crippen molar-refractivity contribution in [3.63, 3.8) is 0 Å². The summed E-state index contributed by atoms with van der Waals surface area (Å²) in [5, 5.41) is 16.1. The van der Waals surface area contributed by atoms with Gasteiger partial charge >= 0.3 is 0 Å². The molecule has 2 N–H and O–H groups in total. The van der Waals surface area contributed by atoms with Gasteiger partial charge in [-0.3, -0.25) is 14.9 Å². The summed E-state index contributed by atoms with van der Waals surface area (Å²) in [4.78, 5) is 23.8. The first-order valence-corrected chi connectivity index (χ1v) is 8.06. The van der Waals surface area contributed by atoms with Gasteiger partial charge in [0.1, 0.15) is 11.4 Å². The highest BCUT2D eigenvalue weighted by atomic mass is 32.2. The molecule has 9 nitrogen and oxygen atoms in total. The number of carbonyl (C=O) groups is 1. The van der Waals surface area contributed by atoms with Crippen LogP contribution in [0.15, 0.2) is 18.2 Å². The number of nitrogens with zero attached hydrogens (tertiary/aromatic N) is 2. The van der Waals surface area contributed by atoms with Crippen molar-refractivity contribution in [2.75, 3.05) is 24.3 Å². The van der Waals surface area contributed by atoms with Gasteiger partial charge in [-0.2, -0.15) is 0 Å². The van der Waals surface area contributed by atoms with E-state index in [4.69, 9.17) is 9.88 Å². The lowest BCUT2D eigenvalue weighted by Gasteiger charge is -2.17. The van der Waals surface area contributed by atoms with Gasteiger partial charge in [0.25, 0.3) is 5.69 Å². The average Bonchev–Trinajstić information content (AvgIpc) is 2.76. The van der Waals surface area contributed by atoms with Crippen LogP contribution in [-0.4, -0.2) is 38.7 Å². The van der Waals surface area contributed by atoms with E-state index in [0.717, 1.165) is 0 Å². The quantitative estimate of drug-likeness (QED) is 0.608. The van der Waals surface area contributed by atoms with E-state index in [1.807, 2.05) is 0 Å². The van der Waals surface area contributed by atoms with Crippen LogP contribution < -0.4 is 14.8 Å². The van der Waals surface area contributed by atoms with Crippen LogP contribution in [0.25, 0.3) is 0 Å². The largest absolute Gasteiger partial charge is 0.496 e. The Bertz CT molecular complexity index is 718. The SMILES string of the molecule is COc1ccc(N2CC(CS(N)(=O)=O)CC2=O)c([N+](=O)[O-])c1. The van der Waals surface area contributed by atoms with E-state index in [1.54, 1.807) is 0 Å². The summed E-state index contributed by atoms with van der Waals surface area (Å²) < 4.78 is 27.2. The Labute approximate surface area is 126 Å². The maximum Gasteiger partial charge on any atom is 0.296 e. The first-order chi connectivity index (χ1) is 10.2. The van der Waals surface area contributed by atoms with Gasteiger partial charge in [-0.25, -0.2) is 13.6 Å². The number of anilines is 1. The van der Waals surface area contributed by atoms with Crippen LogP contribution in [0.1, 0.15) is 6.42 Å². The molecule has 120 valence electrons. The molecule has 0 radical (unpaired) electrons. The minimum Gasteiger partial charge on any atom is -0.496 e. The highest BCUT2D eigenvalue weighted by molar-refractivity contribution is 7.89. The molecule has 0 saturated carbocycles. The third-order valence-electron chi connectivity index (χ3n) is 3.34. The molecule has 1 unspecified atom stereocenters. The summed E-state index contributed by atoms with van der Waals surface area (Å²) in [6.45, 7) is 0.0719. The molecule has 1 aromatic rings. The second-order valence-corrected chi connectivity index (χ2v) is 6.67. The first-order valence-electron chi connectivity index (χ1n) is 6.34. The van der Waals surface area contributed by atoms with E-state index < -0.39 is 20.9 Å². The number of rotatable bonds is 5. The molecule has 1 aliphatic rings. The molecule has 0 bridgehead atoms. The second kappa shape index (κ2) is 5.89. The lowest BCUT2D eigenvalue weighted by atomic mass is 10.1. The predicted octanol–water partition coefficient (Wildman–Crippen LogP) is 0.245. The number of primary sulfonamides is 1. The molecule has 1 aromatic carbocycles. The third-order valence-corrected chi connectivity index (χ3v) is 4.28. The third kappa shape index (κ3) is 3.52. The number of methoxy groups -OCH3 is 1. The van der Waals surface area contributed by atoms with Gasteiger partial charge in [-0.1, -0.05) is 0 Å². The standard InChI is InChI=1S/C12H15N3O6S/c1-21-9-2-3-10(11(5-9)15(17)18)14-6-8(4-12(14)16)7-22(13,19)20/h2-3,5,8H,4,6-7H2,1H3,(H2,13,19,20). The van der Waals surface area contributed by atoms with E-state index in [0.29, 0.717) is 5.75 Å². The molecule has 10 heteroatoms. The number of benzene rings is 1. The van der Waals surface area contributed by atoms with Crippen molar-refractivity contribution < 1.29 is 22.9 Å². The molecule has 2 rings (SSSR count). The summed E-state index contributed by atoms with van der Waals surface area (Å²) in [6, 6.07) is 4.13. The van der Waals surface area contributed by atoms with E-state index in [-0.39, 0.29) is 36.0 Å². The summed E-state index contributed by atoms with van der Waals surface area (Å²) >= 11 is 0. The number of nitro benzene ring substituents is 1. The summed E-state index contributed by atoms with van der Waals surface area (Å²) in [5.41, 5.74) is -0.156. The summed E-state index contributed by atoms with van der Waals surface area (Å²) in [6.07, 6.45) is -0.0143. The van der Waals surface area contributed by atoms with Crippen molar-refractivity contribution >= 4 is 27.3 Å². The highest BCUT2D eigenvalue weighted by Gasteiger charge is 2.35. The van der Waals surface area contributed by atoms with Crippen molar-refractivity contribution in [1.82, 2.24) is 0 Å². The van der Waals surface area contributed by atoms with Gasteiger partial charge in [-0.15, -0.1) is 0 Å². The van der Waals surface area contributed by atoms with Crippen molar-refractivity contribution in [3.05, 3.63) is 28.3 Å². The van der Waals surface area contributed by atoms with Crippen molar-refractivity contribution in [1.29, 1.82) is 0 Å². The first kappa shape index (κ1) is 16.2. The van der Waals surface area contributed by atoms with Gasteiger partial charge in [0.2, 0.25) is 15.9 Å². The Morgan fingerprint density at radius 3 is 2.73 bits per heavy atom. The smallest absolute Gasteiger partial charge is 0.296 e. The zero-order valence-electron chi connectivity index (χ0n) is 11.8. The molecule has 0 aromatic heterocycles. The van der Waals surface area contributed by atoms with Crippen LogP contribution in [0.4, 0.5) is 11.4 Å². The lowest BCUT2D eigenvalue weighted by molar-refractivity contribution is -0.384. The Morgan fingerprint density at radius 2 is 2.18 bits per heavy atom. The Balaban J connectivity index is 2.32. The molecule has 0 spiro atoms. The zero-order chi connectivity index (χ0) is 16.5. The van der Waals surface area contributed by atoms with Gasteiger partial charge < -0.3 is 9.64 Å². The van der Waals surface area contributed by atoms with Crippen molar-refractivity contribution in [2.24, 2.45) is 11.1 Å². The molecule has 1 aliphatic heterocycles. The maximum absolute atomic E-state index is 12.0. The predicted molar refractivity (Wildman–Crippen MR) is 78.1 cm³/mol. The summed E-state index contributed by atoms with van der Waals surface area (Å²) in [5.74, 6) is -0.895. The number of carbonyl (C=O) groups excluding carboxylic acids is 1. The summed E-state index contributed by atoms with van der Waals surface area (Å²) in [7, 11) is -2.33. The van der Waals surface area contributed by atoms with E-state index in [9.17, 15) is 23.3 Å². The number of sulfonamides is 1. The van der Waals surface area contributed by atoms with E-state index in [1.165, 1.54) is 30.2 Å². The van der Waals surface area contributed by atoms with Crippen LogP contribution in [0.5, 0.6) is 5.75 Å². The molecule has 1 fully saturated rings. The highest BCUT2D eigenvalue weighted by Crippen LogP contribution is 2.35. The molecule has 1 atom stereocenters. The van der Waals surface area contributed by atoms with Crippen LogP contribution in [-0.2, 0) is 14.8 Å². The number of nitro groups is 1. The molecule has 0 aliphatic carbocycles. The minimum atomic E-state index is -3.71. The Hall–Kier alpha value is -2.20. The molecule has 22 heavy (non-hydrogen) atoms. The van der Waals surface area contributed by atoms with Gasteiger partial charge in [0, 0.05) is 18.9 Å². The fourth-order valence-electron chi connectivity index (χ4n) is 2.46. The lowest BCUT2D eigenvalue weighted by Crippen LogP contribution is -2.28. The number of ether oxygens (including phenoxy) is 1. The van der Waals surface area contributed by atoms with Crippen molar-refractivity contribution in [2.45, 2.75) is 6.42 Å². The number of nitrogens with two attached hydrogens (primary N) is 1. The fourth-order valence-corrected chi connectivity index (χ4v) is 3.34. The Morgan fingerprint density at radius 1 is 1.50 bits per heavy atom. The topological polar surface area (TPSA) is 133 Å². The average molecular weight is 329 g/mol. The van der Waals surface area contributed by atoms with Crippen LogP contribution in [0, 0.1) is 16.0 Å². The van der Waals surface area contributed by atoms with Gasteiger partial charge in [0.15, 0.2) is 0 Å². The minimum absolute atomic E-state index is 0.0143. The van der Waals surface area contributed by atoms with Crippen LogP contribution in [0.3, 0.4) is 0 Å². The second-order valence-electron chi connectivity index (χ2n) is 5.02. The van der Waals surface area contributed by atoms with E-state index in [2.05, 4.69) is 0 Å². The number of hydrogen-bond acceptors (Lipinski definition) is 6. The Kier molecular flexibility index (Phi) is 4.33. The monoisotopic (exact) mass is 329 g/mol.